The van der Waals surface area contributed by atoms with Crippen LogP contribution in [0.25, 0.3) is 10.9 Å². The van der Waals surface area contributed by atoms with E-state index in [1.807, 2.05) is 30.5 Å². The van der Waals surface area contributed by atoms with E-state index in [9.17, 15) is 10.1 Å². The fourth-order valence-electron chi connectivity index (χ4n) is 1.87. The number of aromatic amines is 1. The van der Waals surface area contributed by atoms with Crippen molar-refractivity contribution >= 4 is 16.6 Å². The second-order valence-corrected chi connectivity index (χ2v) is 4.08. The van der Waals surface area contributed by atoms with Crippen LogP contribution in [0.2, 0.25) is 0 Å². The van der Waals surface area contributed by atoms with E-state index in [2.05, 4.69) is 4.98 Å². The van der Waals surface area contributed by atoms with E-state index in [-0.39, 0.29) is 5.69 Å². The summed E-state index contributed by atoms with van der Waals surface area (Å²) in [6.45, 7) is 0. The first-order chi connectivity index (χ1) is 9.22. The summed E-state index contributed by atoms with van der Waals surface area (Å²) in [4.78, 5) is 13.2. The van der Waals surface area contributed by atoms with Crippen LogP contribution in [0.4, 0.5) is 5.69 Å². The highest BCUT2D eigenvalue weighted by Gasteiger charge is 2.05. The Kier molecular flexibility index (Phi) is 2.64. The van der Waals surface area contributed by atoms with Crippen LogP contribution >= 0.6 is 0 Å². The van der Waals surface area contributed by atoms with E-state index >= 15 is 0 Å². The molecule has 94 valence electrons. The molecule has 3 rings (SSSR count). The Morgan fingerprint density at radius 1 is 1.00 bits per heavy atom. The predicted octanol–water partition coefficient (Wildman–Crippen LogP) is 3.87. The lowest BCUT2D eigenvalue weighted by Gasteiger charge is -2.05. The Labute approximate surface area is 108 Å². The summed E-state index contributed by atoms with van der Waals surface area (Å²) in [6, 6.07) is 13.6. The number of ether oxygens (including phenoxy) is 1. The molecular weight excluding hydrogens is 244 g/mol. The van der Waals surface area contributed by atoms with E-state index in [0.29, 0.717) is 11.5 Å². The maximum atomic E-state index is 10.5. The van der Waals surface area contributed by atoms with Gasteiger partial charge in [-0.3, -0.25) is 10.1 Å². The number of non-ortho nitro benzene ring substituents is 1. The van der Waals surface area contributed by atoms with Crippen LogP contribution < -0.4 is 4.74 Å². The van der Waals surface area contributed by atoms with Crippen molar-refractivity contribution in [2.24, 2.45) is 0 Å². The lowest BCUT2D eigenvalue weighted by molar-refractivity contribution is -0.384. The van der Waals surface area contributed by atoms with Crippen molar-refractivity contribution in [3.63, 3.8) is 0 Å². The van der Waals surface area contributed by atoms with E-state index < -0.39 is 4.92 Å². The second-order valence-electron chi connectivity index (χ2n) is 4.08. The van der Waals surface area contributed by atoms with Gasteiger partial charge in [0, 0.05) is 29.2 Å². The van der Waals surface area contributed by atoms with E-state index in [1.165, 1.54) is 12.1 Å². The lowest BCUT2D eigenvalue weighted by atomic mass is 10.2. The van der Waals surface area contributed by atoms with Gasteiger partial charge in [0.05, 0.1) is 4.92 Å². The molecule has 5 nitrogen and oxygen atoms in total. The summed E-state index contributed by atoms with van der Waals surface area (Å²) >= 11 is 0. The third kappa shape index (κ3) is 2.26. The van der Waals surface area contributed by atoms with Gasteiger partial charge >= 0.3 is 0 Å². The quantitative estimate of drug-likeness (QED) is 0.569. The fourth-order valence-corrected chi connectivity index (χ4v) is 1.87. The van der Waals surface area contributed by atoms with Crippen LogP contribution in [-0.2, 0) is 0 Å². The number of nitro benzene ring substituents is 1. The summed E-state index contributed by atoms with van der Waals surface area (Å²) in [5, 5.41) is 11.6. The van der Waals surface area contributed by atoms with Crippen molar-refractivity contribution < 1.29 is 9.66 Å². The molecule has 0 radical (unpaired) electrons. The number of hydrogen-bond acceptors (Lipinski definition) is 3. The van der Waals surface area contributed by atoms with Crippen molar-refractivity contribution in [2.45, 2.75) is 0 Å². The van der Waals surface area contributed by atoms with Crippen molar-refractivity contribution in [3.05, 3.63) is 64.8 Å². The molecule has 0 unspecified atom stereocenters. The van der Waals surface area contributed by atoms with Gasteiger partial charge in [0.15, 0.2) is 0 Å². The Hall–Kier alpha value is -2.82. The molecule has 5 heteroatoms. The molecule has 0 bridgehead atoms. The van der Waals surface area contributed by atoms with Crippen LogP contribution in [0, 0.1) is 10.1 Å². The number of benzene rings is 2. The summed E-state index contributed by atoms with van der Waals surface area (Å²) in [7, 11) is 0. The molecule has 0 aliphatic heterocycles. The smallest absolute Gasteiger partial charge is 0.269 e. The van der Waals surface area contributed by atoms with Gasteiger partial charge in [-0.05, 0) is 36.4 Å². The molecule has 0 aliphatic carbocycles. The van der Waals surface area contributed by atoms with Crippen LogP contribution in [0.1, 0.15) is 0 Å². The van der Waals surface area contributed by atoms with Gasteiger partial charge in [-0.1, -0.05) is 0 Å². The Morgan fingerprint density at radius 3 is 2.47 bits per heavy atom. The molecule has 0 atom stereocenters. The molecular formula is C14H10N2O3. The highest BCUT2D eigenvalue weighted by Crippen LogP contribution is 2.26. The minimum atomic E-state index is -0.435. The highest BCUT2D eigenvalue weighted by atomic mass is 16.6. The van der Waals surface area contributed by atoms with Crippen LogP contribution in [0.3, 0.4) is 0 Å². The number of fused-ring (bicyclic) bond motifs is 1. The molecule has 1 N–H and O–H groups in total. The molecule has 0 saturated heterocycles. The summed E-state index contributed by atoms with van der Waals surface area (Å²) in [6.07, 6.45) is 1.86. The Balaban J connectivity index is 1.85. The number of nitro groups is 1. The van der Waals surface area contributed by atoms with E-state index in [0.717, 1.165) is 10.9 Å². The molecule has 19 heavy (non-hydrogen) atoms. The van der Waals surface area contributed by atoms with Gasteiger partial charge < -0.3 is 9.72 Å². The molecule has 3 aromatic rings. The molecule has 1 aromatic heterocycles. The topological polar surface area (TPSA) is 68.2 Å². The monoisotopic (exact) mass is 254 g/mol. The first kappa shape index (κ1) is 11.3. The standard InChI is InChI=1S/C14H10N2O3/c17-16(18)11-1-3-12(4-2-11)19-13-5-6-14-10(9-13)7-8-15-14/h1-9,15H. The average Bonchev–Trinajstić information content (AvgIpc) is 2.87. The van der Waals surface area contributed by atoms with Crippen molar-refractivity contribution in [1.82, 2.24) is 4.98 Å². The van der Waals surface area contributed by atoms with Gasteiger partial charge in [-0.25, -0.2) is 0 Å². The van der Waals surface area contributed by atoms with E-state index in [1.54, 1.807) is 12.1 Å². The minimum absolute atomic E-state index is 0.0495. The van der Waals surface area contributed by atoms with Crippen molar-refractivity contribution in [2.75, 3.05) is 0 Å². The normalized spacial score (nSPS) is 10.5. The maximum absolute atomic E-state index is 10.5. The predicted molar refractivity (Wildman–Crippen MR) is 71.5 cm³/mol. The second kappa shape index (κ2) is 4.45. The van der Waals surface area contributed by atoms with Crippen LogP contribution in [0.5, 0.6) is 11.5 Å². The third-order valence-electron chi connectivity index (χ3n) is 2.81. The molecule has 0 fully saturated rings. The number of rotatable bonds is 3. The number of hydrogen-bond donors (Lipinski definition) is 1. The first-order valence-electron chi connectivity index (χ1n) is 5.72. The van der Waals surface area contributed by atoms with Crippen molar-refractivity contribution in [1.29, 1.82) is 0 Å². The number of H-pyrrole nitrogens is 1. The molecule has 0 amide bonds. The van der Waals surface area contributed by atoms with Gasteiger partial charge in [0.25, 0.3) is 5.69 Å². The highest BCUT2D eigenvalue weighted by molar-refractivity contribution is 5.80. The number of nitrogens with one attached hydrogen (secondary N) is 1. The third-order valence-corrected chi connectivity index (χ3v) is 2.81. The maximum Gasteiger partial charge on any atom is 0.269 e. The average molecular weight is 254 g/mol. The fraction of sp³-hybridized carbons (Fsp3) is 0. The zero-order valence-electron chi connectivity index (χ0n) is 9.87. The van der Waals surface area contributed by atoms with Gasteiger partial charge in [0.1, 0.15) is 11.5 Å². The lowest BCUT2D eigenvalue weighted by Crippen LogP contribution is -1.88. The number of aromatic nitrogens is 1. The molecule has 2 aromatic carbocycles. The molecule has 0 spiro atoms. The van der Waals surface area contributed by atoms with E-state index in [4.69, 9.17) is 4.74 Å². The zero-order valence-corrected chi connectivity index (χ0v) is 9.87. The van der Waals surface area contributed by atoms with Gasteiger partial charge in [-0.15, -0.1) is 0 Å². The van der Waals surface area contributed by atoms with Gasteiger partial charge in [-0.2, -0.15) is 0 Å². The zero-order chi connectivity index (χ0) is 13.2. The Bertz CT molecular complexity index is 732. The van der Waals surface area contributed by atoms with Crippen molar-refractivity contribution in [3.8, 4) is 11.5 Å². The summed E-state index contributed by atoms with van der Waals surface area (Å²) < 4.78 is 5.65. The summed E-state index contributed by atoms with van der Waals surface area (Å²) in [5.74, 6) is 1.27. The largest absolute Gasteiger partial charge is 0.457 e. The summed E-state index contributed by atoms with van der Waals surface area (Å²) in [5.41, 5.74) is 1.09. The minimum Gasteiger partial charge on any atom is -0.457 e. The molecule has 0 aliphatic rings. The molecule has 0 saturated carbocycles. The van der Waals surface area contributed by atoms with Crippen LogP contribution in [-0.4, -0.2) is 9.91 Å². The Morgan fingerprint density at radius 2 is 1.74 bits per heavy atom. The molecule has 1 heterocycles. The number of nitrogens with zero attached hydrogens (tertiary/aromatic N) is 1. The first-order valence-corrected chi connectivity index (χ1v) is 5.72. The van der Waals surface area contributed by atoms with Gasteiger partial charge in [0.2, 0.25) is 0 Å². The van der Waals surface area contributed by atoms with Crippen LogP contribution in [0.15, 0.2) is 54.7 Å². The SMILES string of the molecule is O=[N+]([O-])c1ccc(Oc2ccc3[nH]ccc3c2)cc1.